The number of nitrogens with one attached hydrogen (secondary N) is 1. The predicted molar refractivity (Wildman–Crippen MR) is 68.0 cm³/mol. The number of rotatable bonds is 0. The highest BCUT2D eigenvalue weighted by Gasteiger charge is 2.33. The van der Waals surface area contributed by atoms with Crippen LogP contribution in [0, 0.1) is 5.82 Å². The lowest BCUT2D eigenvalue weighted by molar-refractivity contribution is 0.451. The van der Waals surface area contributed by atoms with Gasteiger partial charge in [0, 0.05) is 31.9 Å². The van der Waals surface area contributed by atoms with E-state index < -0.39 is 0 Å². The molecular formula is C14H19FN2. The van der Waals surface area contributed by atoms with Crippen molar-refractivity contribution in [1.82, 2.24) is 5.32 Å². The van der Waals surface area contributed by atoms with Crippen LogP contribution < -0.4 is 10.2 Å². The summed E-state index contributed by atoms with van der Waals surface area (Å²) in [6, 6.07) is 3.42. The van der Waals surface area contributed by atoms with E-state index in [-0.39, 0.29) is 11.2 Å². The van der Waals surface area contributed by atoms with Crippen LogP contribution >= 0.6 is 0 Å². The summed E-state index contributed by atoms with van der Waals surface area (Å²) in [5.41, 5.74) is 3.67. The van der Waals surface area contributed by atoms with Crippen LogP contribution in [-0.4, -0.2) is 19.6 Å². The first-order valence-corrected chi connectivity index (χ1v) is 6.36. The maximum Gasteiger partial charge on any atom is 0.123 e. The summed E-state index contributed by atoms with van der Waals surface area (Å²) >= 11 is 0. The third-order valence-electron chi connectivity index (χ3n) is 4.08. The highest BCUT2D eigenvalue weighted by Crippen LogP contribution is 2.42. The standard InChI is InChI=1S/C14H19FN2/c1-14(2)3-5-17-6-4-16-9-10-7-11(15)8-12(14)13(10)17/h7-8,16H,3-6,9H2,1-2H3. The van der Waals surface area contributed by atoms with Gasteiger partial charge in [0.05, 0.1) is 0 Å². The Morgan fingerprint density at radius 3 is 2.94 bits per heavy atom. The third kappa shape index (κ3) is 1.73. The summed E-state index contributed by atoms with van der Waals surface area (Å²) in [5.74, 6) is -0.0997. The zero-order chi connectivity index (χ0) is 12.0. The van der Waals surface area contributed by atoms with Crippen molar-refractivity contribution in [2.45, 2.75) is 32.2 Å². The molecule has 3 heteroatoms. The second-order valence-corrected chi connectivity index (χ2v) is 5.76. The molecule has 2 nitrogen and oxygen atoms in total. The van der Waals surface area contributed by atoms with Crippen molar-refractivity contribution in [2.75, 3.05) is 24.5 Å². The Morgan fingerprint density at radius 2 is 2.12 bits per heavy atom. The lowest BCUT2D eigenvalue weighted by Gasteiger charge is -2.40. The zero-order valence-corrected chi connectivity index (χ0v) is 10.5. The Labute approximate surface area is 102 Å². The van der Waals surface area contributed by atoms with Crippen molar-refractivity contribution < 1.29 is 4.39 Å². The molecule has 2 aliphatic heterocycles. The highest BCUT2D eigenvalue weighted by atomic mass is 19.1. The van der Waals surface area contributed by atoms with E-state index in [9.17, 15) is 4.39 Å². The highest BCUT2D eigenvalue weighted by molar-refractivity contribution is 5.64. The smallest absolute Gasteiger partial charge is 0.123 e. The van der Waals surface area contributed by atoms with Gasteiger partial charge in [0.1, 0.15) is 5.82 Å². The lowest BCUT2D eigenvalue weighted by atomic mass is 9.76. The molecule has 0 bridgehead atoms. The van der Waals surface area contributed by atoms with Crippen molar-refractivity contribution in [2.24, 2.45) is 0 Å². The van der Waals surface area contributed by atoms with Crippen LogP contribution in [0.15, 0.2) is 12.1 Å². The first kappa shape index (κ1) is 11.0. The lowest BCUT2D eigenvalue weighted by Crippen LogP contribution is -2.39. The molecule has 0 spiro atoms. The molecule has 0 atom stereocenters. The van der Waals surface area contributed by atoms with Crippen LogP contribution in [0.4, 0.5) is 10.1 Å². The van der Waals surface area contributed by atoms with Gasteiger partial charge >= 0.3 is 0 Å². The summed E-state index contributed by atoms with van der Waals surface area (Å²) in [5, 5.41) is 3.37. The Bertz CT molecular complexity index is 454. The molecule has 0 saturated carbocycles. The minimum atomic E-state index is -0.0997. The van der Waals surface area contributed by atoms with Gasteiger partial charge in [-0.25, -0.2) is 4.39 Å². The topological polar surface area (TPSA) is 15.3 Å². The quantitative estimate of drug-likeness (QED) is 0.741. The minimum Gasteiger partial charge on any atom is -0.370 e. The molecule has 1 aromatic rings. The average Bonchev–Trinajstić information content (AvgIpc) is 2.46. The van der Waals surface area contributed by atoms with Crippen LogP contribution in [0.5, 0.6) is 0 Å². The summed E-state index contributed by atoms with van der Waals surface area (Å²) in [4.78, 5) is 2.41. The molecule has 17 heavy (non-hydrogen) atoms. The molecular weight excluding hydrogens is 215 g/mol. The fourth-order valence-corrected chi connectivity index (χ4v) is 3.00. The van der Waals surface area contributed by atoms with E-state index in [4.69, 9.17) is 0 Å². The third-order valence-corrected chi connectivity index (χ3v) is 4.08. The van der Waals surface area contributed by atoms with E-state index >= 15 is 0 Å². The Hall–Kier alpha value is -1.09. The van der Waals surface area contributed by atoms with Crippen molar-refractivity contribution >= 4 is 5.69 Å². The van der Waals surface area contributed by atoms with E-state index in [0.717, 1.165) is 38.2 Å². The molecule has 3 rings (SSSR count). The van der Waals surface area contributed by atoms with E-state index in [1.54, 1.807) is 12.1 Å². The van der Waals surface area contributed by atoms with Gasteiger partial charge in [-0.1, -0.05) is 13.8 Å². The Balaban J connectivity index is 2.23. The molecule has 0 amide bonds. The van der Waals surface area contributed by atoms with Gasteiger partial charge in [0.2, 0.25) is 0 Å². The fourth-order valence-electron chi connectivity index (χ4n) is 3.00. The number of benzene rings is 1. The molecule has 2 aliphatic rings. The van der Waals surface area contributed by atoms with Gasteiger partial charge in [0.15, 0.2) is 0 Å². The van der Waals surface area contributed by atoms with Gasteiger partial charge in [0.25, 0.3) is 0 Å². The largest absolute Gasteiger partial charge is 0.370 e. The maximum absolute atomic E-state index is 13.7. The summed E-state index contributed by atoms with van der Waals surface area (Å²) in [6.45, 7) is 8.32. The molecule has 0 aliphatic carbocycles. The number of nitrogens with zero attached hydrogens (tertiary/aromatic N) is 1. The van der Waals surface area contributed by atoms with Gasteiger partial charge in [-0.3, -0.25) is 0 Å². The van der Waals surface area contributed by atoms with Gasteiger partial charge < -0.3 is 10.2 Å². The zero-order valence-electron chi connectivity index (χ0n) is 10.5. The summed E-state index contributed by atoms with van der Waals surface area (Å²) in [6.07, 6.45) is 1.10. The van der Waals surface area contributed by atoms with Gasteiger partial charge in [-0.2, -0.15) is 0 Å². The Morgan fingerprint density at radius 1 is 1.29 bits per heavy atom. The van der Waals surface area contributed by atoms with Crippen LogP contribution in [0.1, 0.15) is 31.4 Å². The molecule has 0 aromatic heterocycles. The monoisotopic (exact) mass is 234 g/mol. The molecule has 1 aromatic carbocycles. The van der Waals surface area contributed by atoms with Crippen LogP contribution in [0.2, 0.25) is 0 Å². The van der Waals surface area contributed by atoms with Crippen LogP contribution in [-0.2, 0) is 12.0 Å². The first-order chi connectivity index (χ1) is 8.08. The van der Waals surface area contributed by atoms with Crippen molar-refractivity contribution in [1.29, 1.82) is 0 Å². The second-order valence-electron chi connectivity index (χ2n) is 5.76. The van der Waals surface area contributed by atoms with E-state index in [2.05, 4.69) is 24.1 Å². The summed E-state index contributed by atoms with van der Waals surface area (Å²) < 4.78 is 13.7. The molecule has 92 valence electrons. The molecule has 0 fully saturated rings. The number of hydrogen-bond donors (Lipinski definition) is 1. The molecule has 0 saturated heterocycles. The number of halogens is 1. The van der Waals surface area contributed by atoms with Crippen molar-refractivity contribution in [3.05, 3.63) is 29.1 Å². The minimum absolute atomic E-state index is 0.0903. The van der Waals surface area contributed by atoms with Gasteiger partial charge in [-0.05, 0) is 35.1 Å². The Kier molecular flexibility index (Phi) is 2.40. The SMILES string of the molecule is CC1(C)CCN2CCNCc3cc(F)cc1c32. The van der Waals surface area contributed by atoms with Crippen LogP contribution in [0.25, 0.3) is 0 Å². The number of hydrogen-bond acceptors (Lipinski definition) is 2. The normalized spacial score (nSPS) is 21.9. The molecule has 0 radical (unpaired) electrons. The summed E-state index contributed by atoms with van der Waals surface area (Å²) in [7, 11) is 0. The fraction of sp³-hybridized carbons (Fsp3) is 0.571. The molecule has 0 unspecified atom stereocenters. The van der Waals surface area contributed by atoms with Crippen molar-refractivity contribution in [3.63, 3.8) is 0 Å². The second kappa shape index (κ2) is 3.70. The predicted octanol–water partition coefficient (Wildman–Crippen LogP) is 2.42. The van der Waals surface area contributed by atoms with E-state index in [1.807, 2.05) is 0 Å². The van der Waals surface area contributed by atoms with Gasteiger partial charge in [-0.15, -0.1) is 0 Å². The van der Waals surface area contributed by atoms with E-state index in [0.29, 0.717) is 0 Å². The van der Waals surface area contributed by atoms with Crippen molar-refractivity contribution in [3.8, 4) is 0 Å². The van der Waals surface area contributed by atoms with Crippen LogP contribution in [0.3, 0.4) is 0 Å². The van der Waals surface area contributed by atoms with E-state index in [1.165, 1.54) is 11.3 Å². The maximum atomic E-state index is 13.7. The average molecular weight is 234 g/mol. The molecule has 2 heterocycles. The number of anilines is 1. The first-order valence-electron chi connectivity index (χ1n) is 6.36. The molecule has 1 N–H and O–H groups in total.